The van der Waals surface area contributed by atoms with Gasteiger partial charge in [-0.2, -0.15) is 0 Å². The van der Waals surface area contributed by atoms with Crippen LogP contribution in [0.4, 0.5) is 0 Å². The minimum absolute atomic E-state index is 0.155. The van der Waals surface area contributed by atoms with Gasteiger partial charge < -0.3 is 15.2 Å². The number of allylic oxidation sites excluding steroid dienone is 1. The summed E-state index contributed by atoms with van der Waals surface area (Å²) in [7, 11) is 3.09. The second-order valence-corrected chi connectivity index (χ2v) is 4.37. The summed E-state index contributed by atoms with van der Waals surface area (Å²) in [5, 5.41) is 0. The lowest BCUT2D eigenvalue weighted by molar-refractivity contribution is 0.104. The van der Waals surface area contributed by atoms with Crippen LogP contribution in [0.5, 0.6) is 11.5 Å². The Balaban J connectivity index is 2.38. The second-order valence-electron chi connectivity index (χ2n) is 4.37. The normalized spacial score (nSPS) is 11.0. The Morgan fingerprint density at radius 3 is 2.33 bits per heavy atom. The van der Waals surface area contributed by atoms with Gasteiger partial charge in [-0.25, -0.2) is 0 Å². The molecule has 0 saturated carbocycles. The number of ketones is 1. The summed E-state index contributed by atoms with van der Waals surface area (Å²) in [5.41, 5.74) is 7.58. The monoisotopic (exact) mass is 283 g/mol. The molecule has 0 aliphatic carbocycles. The molecule has 0 atom stereocenters. The molecule has 0 heterocycles. The number of rotatable bonds is 5. The molecular formula is C17H17NO3. The molecule has 2 N–H and O–H groups in total. The van der Waals surface area contributed by atoms with Crippen molar-refractivity contribution in [1.82, 2.24) is 0 Å². The predicted molar refractivity (Wildman–Crippen MR) is 82.5 cm³/mol. The topological polar surface area (TPSA) is 61.5 Å². The average molecular weight is 283 g/mol. The third kappa shape index (κ3) is 3.23. The van der Waals surface area contributed by atoms with Crippen LogP contribution in [0, 0.1) is 0 Å². The Morgan fingerprint density at radius 1 is 1.00 bits per heavy atom. The fraction of sp³-hybridized carbons (Fsp3) is 0.118. The lowest BCUT2D eigenvalue weighted by Crippen LogP contribution is -2.04. The van der Waals surface area contributed by atoms with Crippen molar-refractivity contribution in [2.45, 2.75) is 0 Å². The molecule has 0 saturated heterocycles. The van der Waals surface area contributed by atoms with Gasteiger partial charge in [-0.3, -0.25) is 4.79 Å². The molecule has 4 heteroatoms. The Morgan fingerprint density at radius 2 is 1.71 bits per heavy atom. The largest absolute Gasteiger partial charge is 0.493 e. The van der Waals surface area contributed by atoms with Crippen molar-refractivity contribution >= 4 is 11.5 Å². The lowest BCUT2D eigenvalue weighted by Gasteiger charge is -2.12. The van der Waals surface area contributed by atoms with Crippen molar-refractivity contribution in [3.63, 3.8) is 0 Å². The van der Waals surface area contributed by atoms with Gasteiger partial charge in [-0.1, -0.05) is 36.4 Å². The molecule has 108 valence electrons. The molecular weight excluding hydrogens is 266 g/mol. The van der Waals surface area contributed by atoms with Gasteiger partial charge in [0, 0.05) is 22.9 Å². The Bertz CT molecular complexity index is 663. The van der Waals surface area contributed by atoms with E-state index in [1.807, 2.05) is 18.2 Å². The van der Waals surface area contributed by atoms with Crippen LogP contribution in [0.3, 0.4) is 0 Å². The first-order valence-electron chi connectivity index (χ1n) is 6.45. The smallest absolute Gasteiger partial charge is 0.187 e. The molecule has 0 bridgehead atoms. The Kier molecular flexibility index (Phi) is 4.61. The summed E-state index contributed by atoms with van der Waals surface area (Å²) in [6, 6.07) is 14.3. The number of nitrogens with two attached hydrogens (primary N) is 1. The van der Waals surface area contributed by atoms with Crippen LogP contribution in [0.15, 0.2) is 54.6 Å². The Labute approximate surface area is 123 Å². The number of benzene rings is 2. The molecule has 2 rings (SSSR count). The number of methoxy groups -OCH3 is 2. The van der Waals surface area contributed by atoms with Gasteiger partial charge in [0.05, 0.1) is 14.2 Å². The van der Waals surface area contributed by atoms with Crippen molar-refractivity contribution in [3.8, 4) is 11.5 Å². The molecule has 0 fully saturated rings. The van der Waals surface area contributed by atoms with E-state index in [9.17, 15) is 4.79 Å². The van der Waals surface area contributed by atoms with Crippen LogP contribution < -0.4 is 15.2 Å². The first-order chi connectivity index (χ1) is 10.2. The maximum absolute atomic E-state index is 12.2. The molecule has 21 heavy (non-hydrogen) atoms. The van der Waals surface area contributed by atoms with E-state index in [4.69, 9.17) is 15.2 Å². The summed E-state index contributed by atoms with van der Waals surface area (Å²) < 4.78 is 10.5. The standard InChI is InChI=1S/C17H17NO3/c1-20-16-10-6-9-13(17(16)21-2)14(18)11-15(19)12-7-4-3-5-8-12/h3-11H,18H2,1-2H3/b14-11-. The maximum Gasteiger partial charge on any atom is 0.187 e. The van der Waals surface area contributed by atoms with Crippen LogP contribution in [-0.2, 0) is 0 Å². The van der Waals surface area contributed by atoms with E-state index in [0.29, 0.717) is 28.3 Å². The second kappa shape index (κ2) is 6.61. The number of hydrogen-bond acceptors (Lipinski definition) is 4. The highest BCUT2D eigenvalue weighted by molar-refractivity contribution is 6.08. The van der Waals surface area contributed by atoms with Gasteiger partial charge in [-0.15, -0.1) is 0 Å². The summed E-state index contributed by atoms with van der Waals surface area (Å²) in [6.45, 7) is 0. The summed E-state index contributed by atoms with van der Waals surface area (Å²) in [5.74, 6) is 0.922. The van der Waals surface area contributed by atoms with Crippen LogP contribution in [-0.4, -0.2) is 20.0 Å². The molecule has 0 unspecified atom stereocenters. The van der Waals surface area contributed by atoms with Gasteiger partial charge in [-0.05, 0) is 12.1 Å². The zero-order valence-corrected chi connectivity index (χ0v) is 12.0. The zero-order valence-electron chi connectivity index (χ0n) is 12.0. The predicted octanol–water partition coefficient (Wildman–Crippen LogP) is 2.89. The highest BCUT2D eigenvalue weighted by Crippen LogP contribution is 2.33. The fourth-order valence-electron chi connectivity index (χ4n) is 2.02. The molecule has 0 spiro atoms. The van der Waals surface area contributed by atoms with Gasteiger partial charge >= 0.3 is 0 Å². The minimum atomic E-state index is -0.155. The SMILES string of the molecule is COc1cccc(/C(N)=C/C(=O)c2ccccc2)c1OC. The van der Waals surface area contributed by atoms with Crippen molar-refractivity contribution in [2.75, 3.05) is 14.2 Å². The average Bonchev–Trinajstić information content (AvgIpc) is 2.54. The van der Waals surface area contributed by atoms with Crippen LogP contribution in [0.25, 0.3) is 5.70 Å². The quantitative estimate of drug-likeness (QED) is 0.677. The van der Waals surface area contributed by atoms with E-state index in [2.05, 4.69) is 0 Å². The number of ether oxygens (including phenoxy) is 2. The third-order valence-electron chi connectivity index (χ3n) is 3.06. The van der Waals surface area contributed by atoms with Gasteiger partial charge in [0.15, 0.2) is 17.3 Å². The molecule has 4 nitrogen and oxygen atoms in total. The molecule has 0 aliphatic heterocycles. The van der Waals surface area contributed by atoms with Crippen LogP contribution in [0.1, 0.15) is 15.9 Å². The minimum Gasteiger partial charge on any atom is -0.493 e. The van der Waals surface area contributed by atoms with Crippen molar-refractivity contribution in [2.24, 2.45) is 5.73 Å². The highest BCUT2D eigenvalue weighted by Gasteiger charge is 2.12. The summed E-state index contributed by atoms with van der Waals surface area (Å²) in [4.78, 5) is 12.2. The number of hydrogen-bond donors (Lipinski definition) is 1. The van der Waals surface area contributed by atoms with E-state index >= 15 is 0 Å². The number of carbonyl (C=O) groups is 1. The van der Waals surface area contributed by atoms with E-state index in [-0.39, 0.29) is 5.78 Å². The Hall–Kier alpha value is -2.75. The van der Waals surface area contributed by atoms with Crippen molar-refractivity contribution in [1.29, 1.82) is 0 Å². The molecule has 0 aromatic heterocycles. The van der Waals surface area contributed by atoms with Gasteiger partial charge in [0.25, 0.3) is 0 Å². The maximum atomic E-state index is 12.2. The summed E-state index contributed by atoms with van der Waals surface area (Å²) >= 11 is 0. The van der Waals surface area contributed by atoms with E-state index in [1.54, 1.807) is 37.4 Å². The van der Waals surface area contributed by atoms with E-state index in [1.165, 1.54) is 13.2 Å². The first-order valence-corrected chi connectivity index (χ1v) is 6.45. The molecule has 0 amide bonds. The molecule has 2 aromatic rings. The number of para-hydroxylation sites is 1. The lowest BCUT2D eigenvalue weighted by atomic mass is 10.1. The van der Waals surface area contributed by atoms with Crippen molar-refractivity contribution in [3.05, 3.63) is 65.7 Å². The van der Waals surface area contributed by atoms with Crippen molar-refractivity contribution < 1.29 is 14.3 Å². The third-order valence-corrected chi connectivity index (χ3v) is 3.06. The van der Waals surface area contributed by atoms with Gasteiger partial charge in [0.2, 0.25) is 0 Å². The first kappa shape index (κ1) is 14.7. The van der Waals surface area contributed by atoms with E-state index < -0.39 is 0 Å². The van der Waals surface area contributed by atoms with Crippen LogP contribution >= 0.6 is 0 Å². The molecule has 0 aliphatic rings. The van der Waals surface area contributed by atoms with Crippen LogP contribution in [0.2, 0.25) is 0 Å². The molecule has 0 radical (unpaired) electrons. The van der Waals surface area contributed by atoms with E-state index in [0.717, 1.165) is 0 Å². The van der Waals surface area contributed by atoms with Gasteiger partial charge in [0.1, 0.15) is 0 Å². The number of carbonyl (C=O) groups excluding carboxylic acids is 1. The fourth-order valence-corrected chi connectivity index (χ4v) is 2.02. The molecule has 2 aromatic carbocycles. The highest BCUT2D eigenvalue weighted by atomic mass is 16.5. The zero-order chi connectivity index (χ0) is 15.2. The summed E-state index contributed by atoms with van der Waals surface area (Å²) in [6.07, 6.45) is 1.40.